The highest BCUT2D eigenvalue weighted by Crippen LogP contribution is 2.26. The van der Waals surface area contributed by atoms with E-state index in [1.165, 1.54) is 11.1 Å². The van der Waals surface area contributed by atoms with E-state index in [1.54, 1.807) is 0 Å². The lowest BCUT2D eigenvalue weighted by atomic mass is 9.99. The first-order valence-electron chi connectivity index (χ1n) is 10.2. The van der Waals surface area contributed by atoms with Gasteiger partial charge in [0.25, 0.3) is 0 Å². The maximum atomic E-state index is 12.7. The molecule has 2 heterocycles. The van der Waals surface area contributed by atoms with E-state index in [0.29, 0.717) is 19.0 Å². The number of halogens is 3. The van der Waals surface area contributed by atoms with Gasteiger partial charge in [0.1, 0.15) is 6.54 Å². The Morgan fingerprint density at radius 2 is 1.77 bits per heavy atom. The number of aliphatic hydroxyl groups excluding tert-OH is 1. The fourth-order valence-corrected chi connectivity index (χ4v) is 4.07. The summed E-state index contributed by atoms with van der Waals surface area (Å²) in [5, 5.41) is 15.0. The number of nitrogens with one attached hydrogen (secondary N) is 2. The minimum absolute atomic E-state index is 0.0617. The number of piperidine rings is 1. The van der Waals surface area contributed by atoms with Crippen LogP contribution in [0.2, 0.25) is 0 Å². The SMILES string of the molecule is OCC1CCCN(c2nc(NCC(F)(F)F)nc(NC3Cc4ccccc4C3)n2)C1. The molecule has 162 valence electrons. The maximum absolute atomic E-state index is 12.7. The van der Waals surface area contributed by atoms with Crippen molar-refractivity contribution < 1.29 is 18.3 Å². The topological polar surface area (TPSA) is 86.2 Å². The van der Waals surface area contributed by atoms with Gasteiger partial charge in [-0.3, -0.25) is 0 Å². The normalized spacial score (nSPS) is 19.6. The van der Waals surface area contributed by atoms with Gasteiger partial charge < -0.3 is 20.6 Å². The molecule has 1 aromatic heterocycles. The first-order valence-corrected chi connectivity index (χ1v) is 10.2. The molecule has 0 radical (unpaired) electrons. The van der Waals surface area contributed by atoms with E-state index in [4.69, 9.17) is 0 Å². The van der Waals surface area contributed by atoms with Gasteiger partial charge in [-0.2, -0.15) is 28.1 Å². The number of aromatic nitrogens is 3. The molecule has 1 aliphatic heterocycles. The first kappa shape index (κ1) is 20.6. The van der Waals surface area contributed by atoms with Crippen molar-refractivity contribution in [1.82, 2.24) is 15.0 Å². The summed E-state index contributed by atoms with van der Waals surface area (Å²) < 4.78 is 38.1. The summed E-state index contributed by atoms with van der Waals surface area (Å²) >= 11 is 0. The quantitative estimate of drug-likeness (QED) is 0.660. The Morgan fingerprint density at radius 3 is 2.43 bits per heavy atom. The summed E-state index contributed by atoms with van der Waals surface area (Å²) in [6, 6.07) is 8.22. The van der Waals surface area contributed by atoms with Gasteiger partial charge in [0.05, 0.1) is 0 Å². The standard InChI is InChI=1S/C20H25F3N6O/c21-20(22,23)12-24-17-26-18(25-16-8-14-5-1-2-6-15(14)9-16)28-19(27-17)29-7-3-4-13(10-29)11-30/h1-2,5-6,13,16,30H,3-4,7-12H2,(H2,24,25,26,27,28). The fourth-order valence-electron chi connectivity index (χ4n) is 4.07. The molecule has 1 saturated heterocycles. The van der Waals surface area contributed by atoms with Gasteiger partial charge in [-0.05, 0) is 42.7 Å². The molecule has 2 aromatic rings. The van der Waals surface area contributed by atoms with Crippen molar-refractivity contribution in [1.29, 1.82) is 0 Å². The van der Waals surface area contributed by atoms with Gasteiger partial charge in [-0.25, -0.2) is 0 Å². The Balaban J connectivity index is 1.54. The number of alkyl halides is 3. The lowest BCUT2D eigenvalue weighted by Gasteiger charge is -2.32. The average Bonchev–Trinajstić information content (AvgIpc) is 3.14. The average molecular weight is 422 g/mol. The van der Waals surface area contributed by atoms with Crippen LogP contribution in [0.1, 0.15) is 24.0 Å². The molecular formula is C20H25F3N6O. The van der Waals surface area contributed by atoms with Crippen molar-refractivity contribution >= 4 is 17.8 Å². The predicted molar refractivity (Wildman–Crippen MR) is 108 cm³/mol. The Morgan fingerprint density at radius 1 is 1.07 bits per heavy atom. The summed E-state index contributed by atoms with van der Waals surface area (Å²) in [4.78, 5) is 14.8. The number of fused-ring (bicyclic) bond motifs is 1. The molecule has 0 bridgehead atoms. The molecule has 1 aliphatic carbocycles. The van der Waals surface area contributed by atoms with E-state index in [0.717, 1.165) is 25.7 Å². The summed E-state index contributed by atoms with van der Waals surface area (Å²) in [5.74, 6) is 0.573. The van der Waals surface area contributed by atoms with Crippen molar-refractivity contribution in [2.45, 2.75) is 37.9 Å². The van der Waals surface area contributed by atoms with E-state index in [2.05, 4.69) is 37.7 Å². The highest BCUT2D eigenvalue weighted by Gasteiger charge is 2.29. The van der Waals surface area contributed by atoms with Crippen LogP contribution in [0.3, 0.4) is 0 Å². The summed E-state index contributed by atoms with van der Waals surface area (Å²) in [6.45, 7) is 0.0945. The number of benzene rings is 1. The number of nitrogens with zero attached hydrogens (tertiary/aromatic N) is 4. The number of hydrogen-bond acceptors (Lipinski definition) is 7. The van der Waals surface area contributed by atoms with Crippen molar-refractivity contribution in [2.75, 3.05) is 41.8 Å². The van der Waals surface area contributed by atoms with Crippen LogP contribution in [0, 0.1) is 5.92 Å². The highest BCUT2D eigenvalue weighted by molar-refractivity contribution is 5.46. The third-order valence-electron chi connectivity index (χ3n) is 5.51. The molecule has 0 amide bonds. The Labute approximate surface area is 172 Å². The van der Waals surface area contributed by atoms with Crippen LogP contribution in [0.5, 0.6) is 0 Å². The van der Waals surface area contributed by atoms with E-state index in [-0.39, 0.29) is 30.5 Å². The van der Waals surface area contributed by atoms with Gasteiger partial charge in [-0.15, -0.1) is 0 Å². The number of aliphatic hydroxyl groups is 1. The number of hydrogen-bond donors (Lipinski definition) is 3. The van der Waals surface area contributed by atoms with Gasteiger partial charge in [0.15, 0.2) is 0 Å². The zero-order chi connectivity index (χ0) is 21.1. The molecule has 0 saturated carbocycles. The van der Waals surface area contributed by atoms with Gasteiger partial charge in [0.2, 0.25) is 17.8 Å². The number of anilines is 3. The lowest BCUT2D eigenvalue weighted by Crippen LogP contribution is -2.38. The Bertz CT molecular complexity index is 853. The molecule has 2 aliphatic rings. The maximum Gasteiger partial charge on any atom is 0.405 e. The third-order valence-corrected chi connectivity index (χ3v) is 5.51. The third kappa shape index (κ3) is 5.10. The van der Waals surface area contributed by atoms with Crippen molar-refractivity contribution in [2.24, 2.45) is 5.92 Å². The van der Waals surface area contributed by atoms with E-state index < -0.39 is 12.7 Å². The molecule has 4 rings (SSSR count). The second-order valence-corrected chi connectivity index (χ2v) is 7.91. The fraction of sp³-hybridized carbons (Fsp3) is 0.550. The molecule has 1 fully saturated rings. The Kier molecular flexibility index (Phi) is 5.94. The van der Waals surface area contributed by atoms with Crippen LogP contribution in [0.4, 0.5) is 31.0 Å². The van der Waals surface area contributed by atoms with Crippen LogP contribution < -0.4 is 15.5 Å². The first-order chi connectivity index (χ1) is 14.4. The molecule has 1 unspecified atom stereocenters. The molecule has 0 spiro atoms. The van der Waals surface area contributed by atoms with E-state index in [9.17, 15) is 18.3 Å². The van der Waals surface area contributed by atoms with Crippen LogP contribution in [-0.4, -0.2) is 58.5 Å². The zero-order valence-corrected chi connectivity index (χ0v) is 16.5. The highest BCUT2D eigenvalue weighted by atomic mass is 19.4. The molecule has 1 atom stereocenters. The smallest absolute Gasteiger partial charge is 0.396 e. The van der Waals surface area contributed by atoms with E-state index in [1.807, 2.05) is 17.0 Å². The minimum Gasteiger partial charge on any atom is -0.396 e. The molecular weight excluding hydrogens is 397 g/mol. The van der Waals surface area contributed by atoms with Gasteiger partial charge in [0, 0.05) is 25.7 Å². The van der Waals surface area contributed by atoms with Crippen molar-refractivity contribution in [3.05, 3.63) is 35.4 Å². The second-order valence-electron chi connectivity index (χ2n) is 7.91. The van der Waals surface area contributed by atoms with Gasteiger partial charge in [-0.1, -0.05) is 24.3 Å². The second kappa shape index (κ2) is 8.63. The summed E-state index contributed by atoms with van der Waals surface area (Å²) in [6.07, 6.45) is -0.996. The van der Waals surface area contributed by atoms with Gasteiger partial charge >= 0.3 is 6.18 Å². The molecule has 30 heavy (non-hydrogen) atoms. The molecule has 10 heteroatoms. The van der Waals surface area contributed by atoms with Crippen LogP contribution >= 0.6 is 0 Å². The van der Waals surface area contributed by atoms with Crippen molar-refractivity contribution in [3.63, 3.8) is 0 Å². The summed E-state index contributed by atoms with van der Waals surface area (Å²) in [5.41, 5.74) is 2.50. The van der Waals surface area contributed by atoms with Crippen LogP contribution in [-0.2, 0) is 12.8 Å². The largest absolute Gasteiger partial charge is 0.405 e. The van der Waals surface area contributed by atoms with E-state index >= 15 is 0 Å². The minimum atomic E-state index is -4.37. The van der Waals surface area contributed by atoms with Crippen LogP contribution in [0.25, 0.3) is 0 Å². The lowest BCUT2D eigenvalue weighted by molar-refractivity contribution is -0.115. The Hall–Kier alpha value is -2.62. The summed E-state index contributed by atoms with van der Waals surface area (Å²) in [7, 11) is 0. The monoisotopic (exact) mass is 422 g/mol. The molecule has 3 N–H and O–H groups in total. The molecule has 7 nitrogen and oxygen atoms in total. The van der Waals surface area contributed by atoms with Crippen LogP contribution in [0.15, 0.2) is 24.3 Å². The molecule has 1 aromatic carbocycles. The zero-order valence-electron chi connectivity index (χ0n) is 16.5. The number of rotatable bonds is 6. The predicted octanol–water partition coefficient (Wildman–Crippen LogP) is 2.63. The van der Waals surface area contributed by atoms with Crippen molar-refractivity contribution in [3.8, 4) is 0 Å².